The SMILES string of the molecule is C=C(C(=O)NC[C@H](Cc1cc2cnn(S(=O)(=O)c3ccccc3)c2cn1)N(C)C)C(C)(C)c1ccccc1. The Balaban J connectivity index is 1.47. The molecule has 198 valence electrons. The van der Waals surface area contributed by atoms with Crippen LogP contribution in [0.15, 0.2) is 96.2 Å². The van der Waals surface area contributed by atoms with Gasteiger partial charge in [0.15, 0.2) is 0 Å². The summed E-state index contributed by atoms with van der Waals surface area (Å²) in [6.07, 6.45) is 3.62. The van der Waals surface area contributed by atoms with Crippen molar-refractivity contribution < 1.29 is 13.2 Å². The van der Waals surface area contributed by atoms with Crippen LogP contribution in [0.4, 0.5) is 0 Å². The topological polar surface area (TPSA) is 97.2 Å². The quantitative estimate of drug-likeness (QED) is 0.313. The molecular weight excluding hydrogens is 498 g/mol. The fraction of sp³-hybridized carbons (Fsp3) is 0.276. The number of hydrogen-bond donors (Lipinski definition) is 1. The molecule has 0 bridgehead atoms. The van der Waals surface area contributed by atoms with Crippen LogP contribution >= 0.6 is 0 Å². The third kappa shape index (κ3) is 5.54. The Kier molecular flexibility index (Phi) is 7.80. The van der Waals surface area contributed by atoms with Crippen molar-refractivity contribution in [3.63, 3.8) is 0 Å². The van der Waals surface area contributed by atoms with Gasteiger partial charge in [-0.1, -0.05) is 69.0 Å². The molecule has 0 unspecified atom stereocenters. The van der Waals surface area contributed by atoms with Gasteiger partial charge < -0.3 is 10.2 Å². The minimum absolute atomic E-state index is 0.0420. The second-order valence-electron chi connectivity index (χ2n) is 10.0. The molecule has 0 aliphatic rings. The molecule has 0 aliphatic heterocycles. The Bertz CT molecular complexity index is 1550. The van der Waals surface area contributed by atoms with E-state index >= 15 is 0 Å². The van der Waals surface area contributed by atoms with E-state index in [0.717, 1.165) is 15.3 Å². The van der Waals surface area contributed by atoms with Gasteiger partial charge in [0.25, 0.3) is 10.0 Å². The summed E-state index contributed by atoms with van der Waals surface area (Å²) in [6.45, 7) is 8.47. The molecule has 1 amide bonds. The van der Waals surface area contributed by atoms with Gasteiger partial charge in [-0.2, -0.15) is 17.6 Å². The van der Waals surface area contributed by atoms with Gasteiger partial charge in [0.05, 0.1) is 17.3 Å². The predicted octanol–water partition coefficient (Wildman–Crippen LogP) is 3.79. The van der Waals surface area contributed by atoms with Gasteiger partial charge >= 0.3 is 0 Å². The molecule has 2 heterocycles. The second-order valence-corrected chi connectivity index (χ2v) is 11.8. The van der Waals surface area contributed by atoms with Crippen molar-refractivity contribution in [3.8, 4) is 0 Å². The van der Waals surface area contributed by atoms with E-state index in [4.69, 9.17) is 0 Å². The van der Waals surface area contributed by atoms with E-state index in [1.54, 1.807) is 18.2 Å². The number of rotatable bonds is 10. The van der Waals surface area contributed by atoms with Gasteiger partial charge in [-0.3, -0.25) is 9.78 Å². The lowest BCUT2D eigenvalue weighted by atomic mass is 9.78. The molecule has 0 radical (unpaired) electrons. The molecule has 0 aliphatic carbocycles. The monoisotopic (exact) mass is 531 g/mol. The molecule has 2 aromatic heterocycles. The Morgan fingerprint density at radius 1 is 1.05 bits per heavy atom. The van der Waals surface area contributed by atoms with E-state index < -0.39 is 15.4 Å². The smallest absolute Gasteiger partial charge is 0.283 e. The minimum atomic E-state index is -3.83. The molecule has 8 nitrogen and oxygen atoms in total. The van der Waals surface area contributed by atoms with E-state index in [0.29, 0.717) is 29.4 Å². The highest BCUT2D eigenvalue weighted by Gasteiger charge is 2.29. The molecular formula is C29H33N5O3S. The summed E-state index contributed by atoms with van der Waals surface area (Å²) >= 11 is 0. The number of nitrogens with one attached hydrogen (secondary N) is 1. The Morgan fingerprint density at radius 2 is 1.68 bits per heavy atom. The lowest BCUT2D eigenvalue weighted by molar-refractivity contribution is -0.118. The van der Waals surface area contributed by atoms with Crippen LogP contribution in [0.1, 0.15) is 25.1 Å². The fourth-order valence-corrected chi connectivity index (χ4v) is 5.54. The summed E-state index contributed by atoms with van der Waals surface area (Å²) in [6, 6.07) is 19.8. The Labute approximate surface area is 224 Å². The molecule has 0 fully saturated rings. The number of nitrogens with zero attached hydrogens (tertiary/aromatic N) is 4. The first kappa shape index (κ1) is 27.2. The highest BCUT2D eigenvalue weighted by molar-refractivity contribution is 7.90. The van der Waals surface area contributed by atoms with Crippen LogP contribution in [0.5, 0.6) is 0 Å². The van der Waals surface area contributed by atoms with Crippen molar-refractivity contribution in [2.45, 2.75) is 36.6 Å². The number of pyridine rings is 1. The average Bonchev–Trinajstić information content (AvgIpc) is 3.35. The van der Waals surface area contributed by atoms with Crippen LogP contribution in [-0.2, 0) is 26.7 Å². The largest absolute Gasteiger partial charge is 0.351 e. The van der Waals surface area contributed by atoms with Gasteiger partial charge in [0.2, 0.25) is 5.91 Å². The maximum absolute atomic E-state index is 13.0. The molecule has 1 atom stereocenters. The molecule has 4 rings (SSSR count). The summed E-state index contributed by atoms with van der Waals surface area (Å²) in [5.41, 5.74) is 2.19. The van der Waals surface area contributed by atoms with Crippen molar-refractivity contribution in [2.75, 3.05) is 20.6 Å². The van der Waals surface area contributed by atoms with Crippen molar-refractivity contribution in [1.82, 2.24) is 24.4 Å². The van der Waals surface area contributed by atoms with Crippen LogP contribution < -0.4 is 5.32 Å². The third-order valence-electron chi connectivity index (χ3n) is 6.94. The number of carbonyl (C=O) groups excluding carboxylic acids is 1. The fourth-order valence-electron chi connectivity index (χ4n) is 4.25. The predicted molar refractivity (Wildman–Crippen MR) is 149 cm³/mol. The highest BCUT2D eigenvalue weighted by Crippen LogP contribution is 2.30. The van der Waals surface area contributed by atoms with Gasteiger partial charge in [0.1, 0.15) is 5.52 Å². The number of carbonyl (C=O) groups is 1. The number of likely N-dealkylation sites (N-methyl/N-ethyl adjacent to an activating group) is 1. The molecule has 4 aromatic rings. The van der Waals surface area contributed by atoms with E-state index in [1.165, 1.54) is 24.5 Å². The summed E-state index contributed by atoms with van der Waals surface area (Å²) in [5.74, 6) is -0.193. The van der Waals surface area contributed by atoms with Gasteiger partial charge in [-0.15, -0.1) is 0 Å². The zero-order valence-corrected chi connectivity index (χ0v) is 22.9. The zero-order valence-electron chi connectivity index (χ0n) is 22.1. The Hall–Kier alpha value is -3.82. The number of amides is 1. The maximum Gasteiger partial charge on any atom is 0.283 e. The number of aromatic nitrogens is 3. The molecule has 0 spiro atoms. The van der Waals surface area contributed by atoms with Crippen LogP contribution in [-0.4, -0.2) is 60.1 Å². The summed E-state index contributed by atoms with van der Waals surface area (Å²) in [4.78, 5) is 19.7. The van der Waals surface area contributed by atoms with E-state index in [1.807, 2.05) is 69.2 Å². The van der Waals surface area contributed by atoms with Crippen molar-refractivity contribution in [1.29, 1.82) is 0 Å². The first-order valence-corrected chi connectivity index (χ1v) is 13.8. The third-order valence-corrected chi connectivity index (χ3v) is 8.56. The Morgan fingerprint density at radius 3 is 2.32 bits per heavy atom. The molecule has 1 N–H and O–H groups in total. The van der Waals surface area contributed by atoms with Crippen molar-refractivity contribution >= 4 is 26.8 Å². The number of hydrogen-bond acceptors (Lipinski definition) is 6. The van der Waals surface area contributed by atoms with Crippen molar-refractivity contribution in [2.24, 2.45) is 0 Å². The van der Waals surface area contributed by atoms with Crippen LogP contribution in [0.2, 0.25) is 0 Å². The first-order valence-electron chi connectivity index (χ1n) is 12.3. The van der Waals surface area contributed by atoms with Gasteiger partial charge in [-0.05, 0) is 37.9 Å². The summed E-state index contributed by atoms with van der Waals surface area (Å²) < 4.78 is 27.1. The van der Waals surface area contributed by atoms with Crippen LogP contribution in [0.3, 0.4) is 0 Å². The molecule has 38 heavy (non-hydrogen) atoms. The maximum atomic E-state index is 13.0. The second kappa shape index (κ2) is 10.9. The van der Waals surface area contributed by atoms with E-state index in [-0.39, 0.29) is 16.8 Å². The molecule has 9 heteroatoms. The summed E-state index contributed by atoms with van der Waals surface area (Å²) in [7, 11) is 0.0653. The standard InChI is InChI=1S/C29H33N5O3S/c1-21(29(2,3)23-12-8-6-9-13-23)28(35)31-19-25(33(4)5)17-24-16-22-18-32-34(27(22)20-30-24)38(36,37)26-14-10-7-11-15-26/h6-16,18,20,25H,1,17,19H2,2-5H3,(H,31,35)/t25-/m0/s1. The highest BCUT2D eigenvalue weighted by atomic mass is 32.2. The lowest BCUT2D eigenvalue weighted by Crippen LogP contribution is -2.43. The number of benzene rings is 2. The normalized spacial score (nSPS) is 13.0. The number of fused-ring (bicyclic) bond motifs is 1. The lowest BCUT2D eigenvalue weighted by Gasteiger charge is -2.29. The van der Waals surface area contributed by atoms with E-state index in [2.05, 4.69) is 22.0 Å². The molecule has 2 aromatic carbocycles. The summed E-state index contributed by atoms with van der Waals surface area (Å²) in [5, 5.41) is 7.85. The van der Waals surface area contributed by atoms with Crippen LogP contribution in [0, 0.1) is 0 Å². The minimum Gasteiger partial charge on any atom is -0.351 e. The first-order chi connectivity index (χ1) is 18.0. The van der Waals surface area contributed by atoms with Crippen LogP contribution in [0.25, 0.3) is 10.9 Å². The van der Waals surface area contributed by atoms with E-state index in [9.17, 15) is 13.2 Å². The average molecular weight is 532 g/mol. The van der Waals surface area contributed by atoms with Crippen molar-refractivity contribution in [3.05, 3.63) is 103 Å². The molecule has 0 saturated carbocycles. The zero-order chi connectivity index (χ0) is 27.5. The van der Waals surface area contributed by atoms with Gasteiger partial charge in [-0.25, -0.2) is 0 Å². The van der Waals surface area contributed by atoms with Gasteiger partial charge in [0, 0.05) is 41.1 Å². The molecule has 0 saturated heterocycles.